The summed E-state index contributed by atoms with van der Waals surface area (Å²) < 4.78 is 48.5. The summed E-state index contributed by atoms with van der Waals surface area (Å²) in [6.07, 6.45) is -3.83. The molecule has 0 aliphatic rings. The number of rotatable bonds is 4. The third kappa shape index (κ3) is 7.08. The molecule has 0 unspecified atom stereocenters. The van der Waals surface area contributed by atoms with Crippen molar-refractivity contribution in [2.75, 3.05) is 6.61 Å². The van der Waals surface area contributed by atoms with Gasteiger partial charge in [0, 0.05) is 6.42 Å². The molecule has 0 N–H and O–H groups in total. The lowest BCUT2D eigenvalue weighted by molar-refractivity contribution is -0.137. The van der Waals surface area contributed by atoms with Crippen LogP contribution >= 0.6 is 11.6 Å². The van der Waals surface area contributed by atoms with E-state index in [-0.39, 0.29) is 17.4 Å². The van der Waals surface area contributed by atoms with Gasteiger partial charge in [0.2, 0.25) is 0 Å². The molecule has 0 fully saturated rings. The van der Waals surface area contributed by atoms with Gasteiger partial charge in [0.05, 0.1) is 16.7 Å². The lowest BCUT2D eigenvalue weighted by atomic mass is 10.2. The Bertz CT molecular complexity index is 855. The van der Waals surface area contributed by atoms with Crippen molar-refractivity contribution in [1.82, 2.24) is 0 Å². The van der Waals surface area contributed by atoms with Crippen molar-refractivity contribution in [2.24, 2.45) is 0 Å². The Morgan fingerprint density at radius 1 is 1.04 bits per heavy atom. The minimum atomic E-state index is -4.46. The summed E-state index contributed by atoms with van der Waals surface area (Å²) in [5.41, 5.74) is -0.118. The van der Waals surface area contributed by atoms with Crippen LogP contribution in [0, 0.1) is 29.6 Å². The van der Waals surface area contributed by atoms with E-state index in [4.69, 9.17) is 31.6 Å². The molecule has 2 aromatic carbocycles. The quantitative estimate of drug-likeness (QED) is 0.609. The predicted molar refractivity (Wildman–Crippen MR) is 94.7 cm³/mol. The van der Waals surface area contributed by atoms with E-state index < -0.39 is 11.7 Å². The van der Waals surface area contributed by atoms with Crippen LogP contribution in [0.3, 0.4) is 0 Å². The fourth-order valence-electron chi connectivity index (χ4n) is 1.84. The van der Waals surface area contributed by atoms with Gasteiger partial charge in [-0.25, -0.2) is 0 Å². The average Bonchev–Trinajstić information content (AvgIpc) is 2.62. The zero-order chi connectivity index (χ0) is 20.4. The molecule has 0 heterocycles. The molecule has 0 aliphatic carbocycles. The molecule has 0 spiro atoms. The molecule has 0 aromatic heterocycles. The van der Waals surface area contributed by atoms with Crippen molar-refractivity contribution in [3.63, 3.8) is 0 Å². The Balaban J connectivity index is 0.000000828. The van der Waals surface area contributed by atoms with Gasteiger partial charge in [-0.15, -0.1) is 0 Å². The summed E-state index contributed by atoms with van der Waals surface area (Å²) in [6.45, 7) is 3.50. The van der Waals surface area contributed by atoms with Gasteiger partial charge in [-0.3, -0.25) is 0 Å². The maximum absolute atomic E-state index is 12.6. The minimum absolute atomic E-state index is 0.0776. The standard InChI is InChI=1S/C16H11ClF3NO2.C3H5N/c1-10-8-12(3-5-14(10)22-7-6-21)23-15-4-2-11(9-13(15)17)16(18,19)20;1-2-3-4/h2-5,8-9H,7H2,1H3;2H2,1H3. The number of ether oxygens (including phenoxy) is 2. The number of nitriles is 2. The maximum atomic E-state index is 12.6. The van der Waals surface area contributed by atoms with E-state index in [0.29, 0.717) is 17.9 Å². The third-order valence-corrected chi connectivity index (χ3v) is 3.38. The molecule has 0 atom stereocenters. The van der Waals surface area contributed by atoms with Crippen molar-refractivity contribution < 1.29 is 22.6 Å². The molecule has 0 aliphatic heterocycles. The van der Waals surface area contributed by atoms with E-state index in [1.165, 1.54) is 6.07 Å². The van der Waals surface area contributed by atoms with Crippen LogP contribution in [0.4, 0.5) is 13.2 Å². The normalized spacial score (nSPS) is 10.1. The minimum Gasteiger partial charge on any atom is -0.478 e. The summed E-state index contributed by atoms with van der Waals surface area (Å²) in [6, 6.07) is 11.5. The maximum Gasteiger partial charge on any atom is 0.416 e. The highest BCUT2D eigenvalue weighted by Gasteiger charge is 2.31. The highest BCUT2D eigenvalue weighted by atomic mass is 35.5. The van der Waals surface area contributed by atoms with Gasteiger partial charge in [-0.2, -0.15) is 23.7 Å². The summed E-state index contributed by atoms with van der Waals surface area (Å²) in [7, 11) is 0. The molecule has 8 heteroatoms. The molecule has 0 saturated carbocycles. The van der Waals surface area contributed by atoms with Gasteiger partial charge < -0.3 is 9.47 Å². The van der Waals surface area contributed by atoms with Crippen molar-refractivity contribution in [3.8, 4) is 29.4 Å². The fraction of sp³-hybridized carbons (Fsp3) is 0.263. The number of benzene rings is 2. The lowest BCUT2D eigenvalue weighted by Crippen LogP contribution is -2.04. The first kappa shape index (κ1) is 22.1. The number of nitrogens with zero attached hydrogens (tertiary/aromatic N) is 2. The number of aryl methyl sites for hydroxylation is 1. The number of hydrogen-bond donors (Lipinski definition) is 0. The van der Waals surface area contributed by atoms with Crippen LogP contribution in [0.1, 0.15) is 24.5 Å². The Hall–Kier alpha value is -2.90. The van der Waals surface area contributed by atoms with Crippen LogP contribution in [0.5, 0.6) is 17.2 Å². The Labute approximate surface area is 160 Å². The van der Waals surface area contributed by atoms with Crippen LogP contribution in [0.15, 0.2) is 36.4 Å². The SMILES string of the molecule is CCC#N.Cc1cc(Oc2ccc(C(F)(F)F)cc2Cl)ccc1OCC#N. The van der Waals surface area contributed by atoms with Gasteiger partial charge in [0.1, 0.15) is 23.3 Å². The van der Waals surface area contributed by atoms with Crippen molar-refractivity contribution >= 4 is 11.6 Å². The highest BCUT2D eigenvalue weighted by Crippen LogP contribution is 2.37. The van der Waals surface area contributed by atoms with Crippen LogP contribution in [-0.4, -0.2) is 6.61 Å². The van der Waals surface area contributed by atoms with Crippen LogP contribution in [-0.2, 0) is 6.18 Å². The summed E-state index contributed by atoms with van der Waals surface area (Å²) in [5.74, 6) is 1.04. The van der Waals surface area contributed by atoms with E-state index in [2.05, 4.69) is 0 Å². The highest BCUT2D eigenvalue weighted by molar-refractivity contribution is 6.32. The summed E-state index contributed by atoms with van der Waals surface area (Å²) in [4.78, 5) is 0. The largest absolute Gasteiger partial charge is 0.478 e. The number of hydrogen-bond acceptors (Lipinski definition) is 4. The van der Waals surface area contributed by atoms with Gasteiger partial charge >= 0.3 is 6.18 Å². The van der Waals surface area contributed by atoms with Crippen molar-refractivity contribution in [3.05, 3.63) is 52.5 Å². The molecule has 27 heavy (non-hydrogen) atoms. The molecule has 2 aromatic rings. The molecule has 142 valence electrons. The fourth-order valence-corrected chi connectivity index (χ4v) is 2.06. The van der Waals surface area contributed by atoms with Crippen LogP contribution in [0.2, 0.25) is 5.02 Å². The molecule has 0 amide bonds. The number of halogens is 4. The lowest BCUT2D eigenvalue weighted by Gasteiger charge is -2.12. The second-order valence-corrected chi connectivity index (χ2v) is 5.54. The van der Waals surface area contributed by atoms with Gasteiger partial charge in [-0.05, 0) is 48.9 Å². The Morgan fingerprint density at radius 3 is 2.15 bits per heavy atom. The Morgan fingerprint density at radius 2 is 1.67 bits per heavy atom. The first-order chi connectivity index (χ1) is 12.7. The Kier molecular flexibility index (Phi) is 8.44. The van der Waals surface area contributed by atoms with E-state index in [1.807, 2.05) is 19.1 Å². The third-order valence-electron chi connectivity index (χ3n) is 3.08. The number of alkyl halides is 3. The van der Waals surface area contributed by atoms with Crippen molar-refractivity contribution in [2.45, 2.75) is 26.4 Å². The average molecular weight is 397 g/mol. The van der Waals surface area contributed by atoms with Crippen molar-refractivity contribution in [1.29, 1.82) is 10.5 Å². The van der Waals surface area contributed by atoms with Crippen LogP contribution in [0.25, 0.3) is 0 Å². The smallest absolute Gasteiger partial charge is 0.416 e. The topological polar surface area (TPSA) is 66.0 Å². The summed E-state index contributed by atoms with van der Waals surface area (Å²) >= 11 is 5.84. The monoisotopic (exact) mass is 396 g/mol. The zero-order valence-corrected chi connectivity index (χ0v) is 15.4. The zero-order valence-electron chi connectivity index (χ0n) is 14.6. The molecule has 0 saturated heterocycles. The second kappa shape index (κ2) is 10.3. The van der Waals surface area contributed by atoms with E-state index in [9.17, 15) is 13.2 Å². The first-order valence-electron chi connectivity index (χ1n) is 7.74. The van der Waals surface area contributed by atoms with E-state index in [0.717, 1.165) is 17.7 Å². The molecule has 4 nitrogen and oxygen atoms in total. The van der Waals surface area contributed by atoms with Crippen LogP contribution < -0.4 is 9.47 Å². The van der Waals surface area contributed by atoms with E-state index >= 15 is 0 Å². The first-order valence-corrected chi connectivity index (χ1v) is 8.12. The predicted octanol–water partition coefficient (Wildman–Crippen LogP) is 6.28. The molecule has 2 rings (SSSR count). The molecular formula is C19H16ClF3N2O2. The van der Waals surface area contributed by atoms with Gasteiger partial charge in [-0.1, -0.05) is 18.5 Å². The second-order valence-electron chi connectivity index (χ2n) is 5.13. The molecular weight excluding hydrogens is 381 g/mol. The van der Waals surface area contributed by atoms with Gasteiger partial charge in [0.25, 0.3) is 0 Å². The summed E-state index contributed by atoms with van der Waals surface area (Å²) in [5, 5.41) is 16.0. The van der Waals surface area contributed by atoms with Gasteiger partial charge in [0.15, 0.2) is 6.61 Å². The molecule has 0 bridgehead atoms. The van der Waals surface area contributed by atoms with E-state index in [1.54, 1.807) is 25.1 Å². The molecule has 0 radical (unpaired) electrons.